The lowest BCUT2D eigenvalue weighted by atomic mass is 9.85. The molecule has 0 fully saturated rings. The van der Waals surface area contributed by atoms with E-state index >= 15 is 0 Å². The van der Waals surface area contributed by atoms with Crippen LogP contribution in [0.15, 0.2) is 84.9 Å². The first-order valence-electron chi connectivity index (χ1n) is 18.2. The lowest BCUT2D eigenvalue weighted by Gasteiger charge is -2.21. The second-order valence-corrected chi connectivity index (χ2v) is 13.3. The van der Waals surface area contributed by atoms with Crippen molar-refractivity contribution in [2.24, 2.45) is 11.8 Å². The zero-order valence-corrected chi connectivity index (χ0v) is 29.4. The summed E-state index contributed by atoms with van der Waals surface area (Å²) in [5.74, 6) is 2.83. The number of hydrogen-bond donors (Lipinski definition) is 2. The number of ether oxygens (including phenoxy) is 2. The van der Waals surface area contributed by atoms with Gasteiger partial charge in [0.1, 0.15) is 11.5 Å². The summed E-state index contributed by atoms with van der Waals surface area (Å²) in [5.41, 5.74) is 6.25. The zero-order chi connectivity index (χ0) is 33.9. The van der Waals surface area contributed by atoms with Crippen molar-refractivity contribution in [1.82, 2.24) is 0 Å². The lowest BCUT2D eigenvalue weighted by molar-refractivity contribution is 0.233. The smallest absolute Gasteiger partial charge is 0.119 e. The predicted octanol–water partition coefficient (Wildman–Crippen LogP) is 11.5. The molecule has 0 spiro atoms. The molecule has 0 saturated heterocycles. The molecule has 5 aromatic rings. The van der Waals surface area contributed by atoms with Crippen LogP contribution in [-0.2, 0) is 13.2 Å². The maximum absolute atomic E-state index is 9.80. The molecule has 0 radical (unpaired) electrons. The van der Waals surface area contributed by atoms with Crippen molar-refractivity contribution >= 4 is 21.5 Å². The number of aliphatic hydroxyl groups excluding tert-OH is 2. The van der Waals surface area contributed by atoms with E-state index in [2.05, 4.69) is 88.4 Å². The van der Waals surface area contributed by atoms with Crippen molar-refractivity contribution in [2.45, 2.75) is 92.3 Å². The number of unbranched alkanes of at least 4 members (excludes halogenated alkanes) is 2. The van der Waals surface area contributed by atoms with Gasteiger partial charge in [0, 0.05) is 0 Å². The molecule has 0 aliphatic carbocycles. The summed E-state index contributed by atoms with van der Waals surface area (Å²) in [6.07, 6.45) is 9.43. The Labute approximate surface area is 287 Å². The number of rotatable bonds is 18. The molecule has 4 nitrogen and oxygen atoms in total. The average Bonchev–Trinajstić information content (AvgIpc) is 3.14. The minimum absolute atomic E-state index is 0.0108. The van der Waals surface area contributed by atoms with E-state index in [4.69, 9.17) is 9.47 Å². The Morgan fingerprint density at radius 2 is 0.896 bits per heavy atom. The number of aliphatic hydroxyl groups is 2. The Bertz CT molecular complexity index is 1610. The fourth-order valence-corrected chi connectivity index (χ4v) is 6.77. The third kappa shape index (κ3) is 8.40. The van der Waals surface area contributed by atoms with E-state index in [1.807, 2.05) is 24.3 Å². The summed E-state index contributed by atoms with van der Waals surface area (Å²) in [5, 5.41) is 24.1. The molecule has 0 aliphatic rings. The normalized spacial score (nSPS) is 12.8. The van der Waals surface area contributed by atoms with Crippen molar-refractivity contribution in [3.63, 3.8) is 0 Å². The first-order chi connectivity index (χ1) is 23.5. The van der Waals surface area contributed by atoms with Crippen molar-refractivity contribution < 1.29 is 19.7 Å². The van der Waals surface area contributed by atoms with Crippen LogP contribution in [0.5, 0.6) is 11.5 Å². The molecule has 2 unspecified atom stereocenters. The van der Waals surface area contributed by atoms with Crippen molar-refractivity contribution in [1.29, 1.82) is 0 Å². The Kier molecular flexibility index (Phi) is 12.9. The van der Waals surface area contributed by atoms with E-state index in [1.54, 1.807) is 0 Å². The molecule has 254 valence electrons. The monoisotopic (exact) mass is 646 g/mol. The Morgan fingerprint density at radius 1 is 0.500 bits per heavy atom. The fourth-order valence-electron chi connectivity index (χ4n) is 6.77. The van der Waals surface area contributed by atoms with E-state index in [0.717, 1.165) is 79.3 Å². The number of hydrogen-bond acceptors (Lipinski definition) is 4. The summed E-state index contributed by atoms with van der Waals surface area (Å²) in [6.45, 7) is 10.4. The van der Waals surface area contributed by atoms with Crippen LogP contribution in [0.2, 0.25) is 0 Å². The highest BCUT2D eigenvalue weighted by molar-refractivity contribution is 6.21. The van der Waals surface area contributed by atoms with E-state index in [-0.39, 0.29) is 13.2 Å². The quantitative estimate of drug-likeness (QED) is 0.0930. The lowest BCUT2D eigenvalue weighted by Crippen LogP contribution is -2.11. The van der Waals surface area contributed by atoms with E-state index in [0.29, 0.717) is 25.0 Å². The van der Waals surface area contributed by atoms with Gasteiger partial charge in [-0.15, -0.1) is 0 Å². The van der Waals surface area contributed by atoms with Gasteiger partial charge in [-0.05, 0) is 104 Å². The van der Waals surface area contributed by atoms with E-state index in [9.17, 15) is 10.2 Å². The van der Waals surface area contributed by atoms with Crippen LogP contribution in [0.4, 0.5) is 0 Å². The van der Waals surface area contributed by atoms with Crippen LogP contribution in [0.1, 0.15) is 90.2 Å². The van der Waals surface area contributed by atoms with Gasteiger partial charge >= 0.3 is 0 Å². The highest BCUT2D eigenvalue weighted by Gasteiger charge is 2.19. The van der Waals surface area contributed by atoms with Gasteiger partial charge in [0.25, 0.3) is 0 Å². The van der Waals surface area contributed by atoms with Gasteiger partial charge in [-0.2, -0.15) is 0 Å². The molecule has 2 atom stereocenters. The summed E-state index contributed by atoms with van der Waals surface area (Å²) < 4.78 is 13.0. The first-order valence-corrected chi connectivity index (χ1v) is 18.2. The number of fused-ring (bicyclic) bond motifs is 2. The molecule has 0 bridgehead atoms. The second kappa shape index (κ2) is 17.5. The highest BCUT2D eigenvalue weighted by Crippen LogP contribution is 2.46. The standard InChI is InChI=1S/C44H54O4/c1-5-9-11-31(7-3)29-47-37-21-23-39-41(25-37)43(35-17-13-33(27-45)14-18-35)40-24-22-38(48-30-32(8-4)12-10-6-2)26-42(40)44(39)36-19-15-34(28-46)16-20-36/h13-26,31-32,45-46H,5-12,27-30H2,1-4H3. The van der Waals surface area contributed by atoms with Gasteiger partial charge in [-0.25, -0.2) is 0 Å². The fraction of sp³-hybridized carbons (Fsp3) is 0.409. The first kappa shape index (κ1) is 35.4. The predicted molar refractivity (Wildman–Crippen MR) is 202 cm³/mol. The molecule has 0 heterocycles. The summed E-state index contributed by atoms with van der Waals surface area (Å²) in [4.78, 5) is 0. The maximum atomic E-state index is 9.80. The van der Waals surface area contributed by atoms with Crippen molar-refractivity contribution in [3.8, 4) is 33.8 Å². The molecule has 5 rings (SSSR count). The zero-order valence-electron chi connectivity index (χ0n) is 29.4. The molecule has 0 aliphatic heterocycles. The van der Waals surface area contributed by atoms with Crippen molar-refractivity contribution in [2.75, 3.05) is 13.2 Å². The molecule has 5 aromatic carbocycles. The minimum Gasteiger partial charge on any atom is -0.493 e. The Balaban J connectivity index is 1.70. The molecule has 48 heavy (non-hydrogen) atoms. The van der Waals surface area contributed by atoms with Crippen LogP contribution in [-0.4, -0.2) is 23.4 Å². The molecule has 4 heteroatoms. The SMILES string of the molecule is CCCCC(CC)COc1ccc2c(-c3ccc(CO)cc3)c3cc(OCC(CC)CCCC)ccc3c(-c3ccc(CO)cc3)c2c1. The van der Waals surface area contributed by atoms with E-state index < -0.39 is 0 Å². The van der Waals surface area contributed by atoms with Gasteiger partial charge in [-0.3, -0.25) is 0 Å². The van der Waals surface area contributed by atoms with Crippen LogP contribution in [0, 0.1) is 11.8 Å². The van der Waals surface area contributed by atoms with Gasteiger partial charge in [-0.1, -0.05) is 127 Å². The average molecular weight is 647 g/mol. The second-order valence-electron chi connectivity index (χ2n) is 13.3. The molecule has 2 N–H and O–H groups in total. The van der Waals surface area contributed by atoms with E-state index in [1.165, 1.54) is 38.5 Å². The topological polar surface area (TPSA) is 58.9 Å². The van der Waals surface area contributed by atoms with Gasteiger partial charge in [0.15, 0.2) is 0 Å². The summed E-state index contributed by atoms with van der Waals surface area (Å²) >= 11 is 0. The Morgan fingerprint density at radius 3 is 1.23 bits per heavy atom. The third-order valence-corrected chi connectivity index (χ3v) is 9.97. The summed E-state index contributed by atoms with van der Waals surface area (Å²) in [6, 6.07) is 29.6. The number of benzene rings is 5. The van der Waals surface area contributed by atoms with Crippen molar-refractivity contribution in [3.05, 3.63) is 96.1 Å². The van der Waals surface area contributed by atoms with Gasteiger partial charge < -0.3 is 19.7 Å². The molecule has 0 saturated carbocycles. The molecule has 0 amide bonds. The van der Waals surface area contributed by atoms with Crippen LogP contribution in [0.3, 0.4) is 0 Å². The largest absolute Gasteiger partial charge is 0.493 e. The minimum atomic E-state index is 0.0108. The molecular weight excluding hydrogens is 592 g/mol. The van der Waals surface area contributed by atoms with Gasteiger partial charge in [0.05, 0.1) is 26.4 Å². The summed E-state index contributed by atoms with van der Waals surface area (Å²) in [7, 11) is 0. The van der Waals surface area contributed by atoms with Gasteiger partial charge in [0.2, 0.25) is 0 Å². The molecule has 0 aromatic heterocycles. The molecular formula is C44H54O4. The Hall–Kier alpha value is -3.86. The van der Waals surface area contributed by atoms with Crippen LogP contribution in [0.25, 0.3) is 43.8 Å². The van der Waals surface area contributed by atoms with Crippen LogP contribution >= 0.6 is 0 Å². The van der Waals surface area contributed by atoms with Crippen LogP contribution < -0.4 is 9.47 Å². The highest BCUT2D eigenvalue weighted by atomic mass is 16.5. The maximum Gasteiger partial charge on any atom is 0.119 e. The third-order valence-electron chi connectivity index (χ3n) is 9.97.